The highest BCUT2D eigenvalue weighted by Crippen LogP contribution is 2.31. The molecule has 0 amide bonds. The van der Waals surface area contributed by atoms with Gasteiger partial charge in [-0.2, -0.15) is 0 Å². The van der Waals surface area contributed by atoms with Crippen LogP contribution in [0.4, 0.5) is 0 Å². The lowest BCUT2D eigenvalue weighted by molar-refractivity contribution is -0.131. The summed E-state index contributed by atoms with van der Waals surface area (Å²) in [5, 5.41) is 0. The lowest BCUT2D eigenvalue weighted by Gasteiger charge is -2.47. The van der Waals surface area contributed by atoms with Crippen molar-refractivity contribution in [3.8, 4) is 0 Å². The molecule has 0 aliphatic carbocycles. The number of ether oxygens (including phenoxy) is 1. The molecule has 0 aromatic rings. The average Bonchev–Trinajstić information content (AvgIpc) is 2.15. The number of carbonyl (C=O) groups excluding carboxylic acids is 1. The van der Waals surface area contributed by atoms with E-state index in [1.165, 1.54) is 0 Å². The summed E-state index contributed by atoms with van der Waals surface area (Å²) in [6.07, 6.45) is 1.01. The second-order valence-electron chi connectivity index (χ2n) is 3.93. The maximum absolute atomic E-state index is 11.4. The molecule has 68 valence electrons. The molecule has 3 heteroatoms. The number of hydrogen-bond donors (Lipinski definition) is 0. The van der Waals surface area contributed by atoms with Crippen LogP contribution < -0.4 is 0 Å². The number of ketones is 1. The minimum Gasteiger partial charge on any atom is -0.372 e. The summed E-state index contributed by atoms with van der Waals surface area (Å²) in [5.41, 5.74) is 0. The Bertz CT molecular complexity index is 203. The van der Waals surface area contributed by atoms with Crippen molar-refractivity contribution in [2.75, 3.05) is 13.2 Å². The first-order chi connectivity index (χ1) is 5.70. The summed E-state index contributed by atoms with van der Waals surface area (Å²) in [7, 11) is 0. The molecular formula is C9H15NO2. The highest BCUT2D eigenvalue weighted by molar-refractivity contribution is 5.86. The van der Waals surface area contributed by atoms with Crippen LogP contribution in [0.15, 0.2) is 0 Å². The molecule has 0 radical (unpaired) electrons. The van der Waals surface area contributed by atoms with Crippen molar-refractivity contribution in [3.63, 3.8) is 0 Å². The third-order valence-electron chi connectivity index (χ3n) is 2.80. The zero-order valence-electron chi connectivity index (χ0n) is 7.62. The minimum absolute atomic E-state index is 0.164. The Morgan fingerprint density at radius 3 is 3.00 bits per heavy atom. The van der Waals surface area contributed by atoms with Crippen LogP contribution in [0.1, 0.15) is 20.3 Å². The van der Waals surface area contributed by atoms with Crippen molar-refractivity contribution in [3.05, 3.63) is 0 Å². The number of hydrogen-bond acceptors (Lipinski definition) is 3. The third-order valence-corrected chi connectivity index (χ3v) is 2.80. The van der Waals surface area contributed by atoms with Gasteiger partial charge in [-0.3, -0.25) is 9.69 Å². The van der Waals surface area contributed by atoms with E-state index in [1.54, 1.807) is 0 Å². The van der Waals surface area contributed by atoms with Crippen molar-refractivity contribution in [2.24, 2.45) is 0 Å². The van der Waals surface area contributed by atoms with E-state index in [4.69, 9.17) is 4.74 Å². The van der Waals surface area contributed by atoms with E-state index in [2.05, 4.69) is 18.7 Å². The van der Waals surface area contributed by atoms with Gasteiger partial charge in [-0.05, 0) is 20.3 Å². The van der Waals surface area contributed by atoms with Gasteiger partial charge in [-0.1, -0.05) is 0 Å². The van der Waals surface area contributed by atoms with Crippen molar-refractivity contribution < 1.29 is 9.53 Å². The van der Waals surface area contributed by atoms with Crippen molar-refractivity contribution in [1.29, 1.82) is 0 Å². The van der Waals surface area contributed by atoms with Gasteiger partial charge < -0.3 is 4.74 Å². The standard InChI is InChI=1S/C9H15NO2/c1-6(2)10-7-3-8(10)9(11)5-12-4-7/h6-8H,3-5H2,1-2H3. The molecule has 0 N–H and O–H groups in total. The summed E-state index contributed by atoms with van der Waals surface area (Å²) in [6.45, 7) is 5.33. The number of carbonyl (C=O) groups is 1. The highest BCUT2D eigenvalue weighted by Gasteiger charge is 2.45. The van der Waals surface area contributed by atoms with Crippen molar-refractivity contribution in [1.82, 2.24) is 4.90 Å². The molecule has 3 nitrogen and oxygen atoms in total. The molecule has 0 spiro atoms. The lowest BCUT2D eigenvalue weighted by Crippen LogP contribution is -2.61. The van der Waals surface area contributed by atoms with E-state index in [0.29, 0.717) is 18.7 Å². The molecule has 0 saturated carbocycles. The Morgan fingerprint density at radius 2 is 2.33 bits per heavy atom. The first-order valence-electron chi connectivity index (χ1n) is 4.58. The molecular weight excluding hydrogens is 154 g/mol. The fourth-order valence-electron chi connectivity index (χ4n) is 2.24. The molecule has 0 aromatic heterocycles. The molecule has 3 rings (SSSR count). The molecule has 2 bridgehead atoms. The van der Waals surface area contributed by atoms with Gasteiger partial charge in [-0.25, -0.2) is 0 Å². The van der Waals surface area contributed by atoms with Crippen molar-refractivity contribution in [2.45, 2.75) is 38.4 Å². The monoisotopic (exact) mass is 169 g/mol. The number of nitrogens with zero attached hydrogens (tertiary/aromatic N) is 1. The first-order valence-corrected chi connectivity index (χ1v) is 4.58. The maximum Gasteiger partial charge on any atom is 0.175 e. The highest BCUT2D eigenvalue weighted by atomic mass is 16.5. The summed E-state index contributed by atoms with van der Waals surface area (Å²) >= 11 is 0. The summed E-state index contributed by atoms with van der Waals surface area (Å²) in [5.74, 6) is 0.262. The predicted octanol–water partition coefficient (Wildman–Crippen LogP) is 0.437. The third kappa shape index (κ3) is 1.08. The Balaban J connectivity index is 2.12. The predicted molar refractivity (Wildman–Crippen MR) is 45.0 cm³/mol. The Hall–Kier alpha value is -0.410. The van der Waals surface area contributed by atoms with Crippen LogP contribution in [0, 0.1) is 0 Å². The van der Waals surface area contributed by atoms with Gasteiger partial charge in [0.15, 0.2) is 5.78 Å². The smallest absolute Gasteiger partial charge is 0.175 e. The lowest BCUT2D eigenvalue weighted by atomic mass is 9.89. The van der Waals surface area contributed by atoms with Gasteiger partial charge in [0.05, 0.1) is 12.6 Å². The molecule has 2 atom stereocenters. The summed E-state index contributed by atoms with van der Waals surface area (Å²) in [6, 6.07) is 1.14. The number of Topliss-reactive ketones (excluding diaryl/α,β-unsaturated/α-hetero) is 1. The fraction of sp³-hybridized carbons (Fsp3) is 0.889. The quantitative estimate of drug-likeness (QED) is 0.570. The first kappa shape index (κ1) is 8.20. The molecule has 0 aromatic carbocycles. The van der Waals surface area contributed by atoms with Crippen LogP contribution in [0.3, 0.4) is 0 Å². The number of rotatable bonds is 1. The van der Waals surface area contributed by atoms with Crippen LogP contribution in [0.5, 0.6) is 0 Å². The van der Waals surface area contributed by atoms with Crippen LogP contribution in [0.25, 0.3) is 0 Å². The normalized spacial score (nSPS) is 36.4. The summed E-state index contributed by atoms with van der Waals surface area (Å²) < 4.78 is 5.25. The van der Waals surface area contributed by atoms with E-state index in [0.717, 1.165) is 13.0 Å². The second-order valence-corrected chi connectivity index (χ2v) is 3.93. The Morgan fingerprint density at radius 1 is 1.58 bits per heavy atom. The van der Waals surface area contributed by atoms with Gasteiger partial charge in [0.25, 0.3) is 0 Å². The van der Waals surface area contributed by atoms with E-state index in [1.807, 2.05) is 0 Å². The van der Waals surface area contributed by atoms with Gasteiger partial charge >= 0.3 is 0 Å². The molecule has 3 fully saturated rings. The number of fused-ring (bicyclic) bond motifs is 3. The minimum atomic E-state index is 0.164. The molecule has 2 unspecified atom stereocenters. The molecule has 3 aliphatic heterocycles. The zero-order valence-corrected chi connectivity index (χ0v) is 7.62. The van der Waals surface area contributed by atoms with E-state index < -0.39 is 0 Å². The van der Waals surface area contributed by atoms with Crippen LogP contribution in [-0.4, -0.2) is 42.0 Å². The van der Waals surface area contributed by atoms with Gasteiger partial charge in [0.1, 0.15) is 6.61 Å². The van der Waals surface area contributed by atoms with Gasteiger partial charge in [0, 0.05) is 12.1 Å². The Kier molecular flexibility index (Phi) is 1.93. The topological polar surface area (TPSA) is 29.5 Å². The van der Waals surface area contributed by atoms with E-state index in [9.17, 15) is 4.79 Å². The Labute approximate surface area is 72.7 Å². The van der Waals surface area contributed by atoms with Crippen LogP contribution in [-0.2, 0) is 9.53 Å². The van der Waals surface area contributed by atoms with Crippen LogP contribution >= 0.6 is 0 Å². The molecule has 3 saturated heterocycles. The fourth-order valence-corrected chi connectivity index (χ4v) is 2.24. The van der Waals surface area contributed by atoms with Gasteiger partial charge in [0.2, 0.25) is 0 Å². The van der Waals surface area contributed by atoms with Gasteiger partial charge in [-0.15, -0.1) is 0 Å². The average molecular weight is 169 g/mol. The molecule has 12 heavy (non-hydrogen) atoms. The zero-order chi connectivity index (χ0) is 8.72. The van der Waals surface area contributed by atoms with E-state index >= 15 is 0 Å². The molecule has 3 aliphatic rings. The molecule has 3 heterocycles. The second kappa shape index (κ2) is 2.82. The van der Waals surface area contributed by atoms with Crippen LogP contribution in [0.2, 0.25) is 0 Å². The maximum atomic E-state index is 11.4. The SMILES string of the molecule is CC(C)N1C2COCC(=O)C1C2. The largest absolute Gasteiger partial charge is 0.372 e. The van der Waals surface area contributed by atoms with Crippen molar-refractivity contribution >= 4 is 5.78 Å². The summed E-state index contributed by atoms with van der Waals surface area (Å²) in [4.78, 5) is 13.7. The van der Waals surface area contributed by atoms with E-state index in [-0.39, 0.29) is 11.8 Å².